The average molecular weight is 773 g/mol. The molecule has 0 aromatic heterocycles. The van der Waals surface area contributed by atoms with Gasteiger partial charge in [-0.3, -0.25) is 0 Å². The summed E-state index contributed by atoms with van der Waals surface area (Å²) in [5.74, 6) is 0. The number of hydrogen-bond acceptors (Lipinski definition) is 0. The van der Waals surface area contributed by atoms with Gasteiger partial charge in [-0.1, -0.05) is 196 Å². The fraction of sp³-hybridized carbons (Fsp3) is 0.0492. The molecule has 0 bridgehead atoms. The highest BCUT2D eigenvalue weighted by atomic mass is 14.4. The van der Waals surface area contributed by atoms with Crippen molar-refractivity contribution in [1.29, 1.82) is 0 Å². The van der Waals surface area contributed by atoms with E-state index in [0.717, 1.165) is 0 Å². The second-order valence-corrected chi connectivity index (χ2v) is 17.5. The smallest absolute Gasteiger partial charge is 0.0165 e. The first kappa shape index (κ1) is 34.3. The normalized spacial score (nSPS) is 13.2. The fourth-order valence-corrected chi connectivity index (χ4v) is 11.2. The highest BCUT2D eigenvalue weighted by Crippen LogP contribution is 2.55. The van der Waals surface area contributed by atoms with E-state index in [0.29, 0.717) is 0 Å². The molecule has 0 nitrogen and oxygen atoms in total. The van der Waals surface area contributed by atoms with Crippen LogP contribution in [0.5, 0.6) is 0 Å². The predicted octanol–water partition coefficient (Wildman–Crippen LogP) is 17.1. The van der Waals surface area contributed by atoms with E-state index in [2.05, 4.69) is 220 Å². The lowest BCUT2D eigenvalue weighted by Gasteiger charge is -2.24. The molecule has 0 radical (unpaired) electrons. The summed E-state index contributed by atoms with van der Waals surface area (Å²) in [5.41, 5.74) is 13.0. The third-order valence-electron chi connectivity index (χ3n) is 14.0. The van der Waals surface area contributed by atoms with Crippen LogP contribution in [0.3, 0.4) is 0 Å². The van der Waals surface area contributed by atoms with Gasteiger partial charge < -0.3 is 0 Å². The molecule has 61 heavy (non-hydrogen) atoms. The largest absolute Gasteiger partial charge is 0.0616 e. The van der Waals surface area contributed by atoms with Crippen LogP contribution < -0.4 is 0 Å². The van der Waals surface area contributed by atoms with Crippen molar-refractivity contribution in [2.45, 2.75) is 19.3 Å². The van der Waals surface area contributed by atoms with Crippen LogP contribution in [0, 0.1) is 0 Å². The van der Waals surface area contributed by atoms with E-state index in [1.165, 1.54) is 131 Å². The Labute approximate surface area is 355 Å². The lowest BCUT2D eigenvalue weighted by atomic mass is 9.79. The minimum Gasteiger partial charge on any atom is -0.0616 e. The lowest BCUT2D eigenvalue weighted by molar-refractivity contribution is 0.667. The monoisotopic (exact) mass is 772 g/mol. The van der Waals surface area contributed by atoms with Gasteiger partial charge in [0.2, 0.25) is 0 Å². The maximum atomic E-state index is 2.48. The summed E-state index contributed by atoms with van der Waals surface area (Å²) in [6, 6.07) is 77.3. The van der Waals surface area contributed by atoms with E-state index >= 15 is 0 Å². The zero-order valence-electron chi connectivity index (χ0n) is 34.1. The zero-order chi connectivity index (χ0) is 40.4. The van der Waals surface area contributed by atoms with Crippen LogP contribution in [-0.2, 0) is 5.41 Å². The van der Waals surface area contributed by atoms with Gasteiger partial charge in [-0.15, -0.1) is 0 Å². The highest BCUT2D eigenvalue weighted by Gasteiger charge is 2.38. The molecule has 0 spiro atoms. The highest BCUT2D eigenvalue weighted by molar-refractivity contribution is 6.26. The Hall–Kier alpha value is -7.54. The van der Waals surface area contributed by atoms with Gasteiger partial charge in [0.1, 0.15) is 0 Å². The van der Waals surface area contributed by atoms with E-state index in [9.17, 15) is 0 Å². The Kier molecular flexibility index (Phi) is 7.17. The van der Waals surface area contributed by atoms with Crippen molar-refractivity contribution >= 4 is 75.4 Å². The number of rotatable bonds is 3. The van der Waals surface area contributed by atoms with Gasteiger partial charge in [0.25, 0.3) is 0 Å². The van der Waals surface area contributed by atoms with E-state index in [1.54, 1.807) is 0 Å². The quantitative estimate of drug-likeness (QED) is 0.124. The fourth-order valence-electron chi connectivity index (χ4n) is 11.2. The summed E-state index contributed by atoms with van der Waals surface area (Å²) in [5, 5.41) is 18.1. The molecular formula is C61H40. The van der Waals surface area contributed by atoms with Gasteiger partial charge in [-0.2, -0.15) is 0 Å². The maximum Gasteiger partial charge on any atom is 0.0165 e. The van der Waals surface area contributed by atoms with E-state index < -0.39 is 0 Å². The first-order chi connectivity index (χ1) is 30.0. The molecule has 284 valence electrons. The van der Waals surface area contributed by atoms with Gasteiger partial charge in [0.15, 0.2) is 0 Å². The Bertz CT molecular complexity index is 3770. The van der Waals surface area contributed by atoms with E-state index in [4.69, 9.17) is 0 Å². The third-order valence-corrected chi connectivity index (χ3v) is 14.0. The Morgan fingerprint density at radius 2 is 0.705 bits per heavy atom. The van der Waals surface area contributed by atoms with Crippen LogP contribution in [0.2, 0.25) is 0 Å². The van der Waals surface area contributed by atoms with Crippen molar-refractivity contribution in [3.05, 3.63) is 217 Å². The Balaban J connectivity index is 0.947. The van der Waals surface area contributed by atoms with Crippen LogP contribution in [-0.4, -0.2) is 0 Å². The lowest BCUT2D eigenvalue weighted by Crippen LogP contribution is -2.15. The standard InChI is InChI=1S/C61H40/c1-61(2)56-36-42-33-39(31-32-40(42)34-55(56)59-48-21-9-7-18-45(48)46-19-8-14-26-53(46)60(59)61)37-27-29-38(30-28-37)57-49-22-10-12-24-51(49)58(52-25-13-11-23-50(52)57)54-35-41-15-3-4-16-43(41)44-17-5-6-20-47(44)54/h3-36H,1-2H3. The molecule has 0 saturated heterocycles. The van der Waals surface area contributed by atoms with Gasteiger partial charge >= 0.3 is 0 Å². The van der Waals surface area contributed by atoms with Crippen molar-refractivity contribution in [1.82, 2.24) is 0 Å². The minimum atomic E-state index is -0.136. The Morgan fingerprint density at radius 1 is 0.262 bits per heavy atom. The minimum absolute atomic E-state index is 0.136. The molecule has 0 amide bonds. The maximum absolute atomic E-state index is 2.48. The molecule has 13 rings (SSSR count). The molecule has 0 heterocycles. The molecule has 0 N–H and O–H groups in total. The molecule has 0 unspecified atom stereocenters. The van der Waals surface area contributed by atoms with Crippen molar-refractivity contribution in [2.24, 2.45) is 0 Å². The SMILES string of the molecule is CC1(C)c2cc3cc(-c4ccc(-c5c6ccccc6c(-c6cc7ccccc7c7ccccc67)c6ccccc56)cc4)ccc3cc2-c2c1c1ccccc1c1ccccc21. The summed E-state index contributed by atoms with van der Waals surface area (Å²) in [6.45, 7) is 4.83. The van der Waals surface area contributed by atoms with Crippen molar-refractivity contribution in [3.8, 4) is 44.5 Å². The van der Waals surface area contributed by atoms with E-state index in [1.807, 2.05) is 0 Å². The first-order valence-corrected chi connectivity index (χ1v) is 21.5. The van der Waals surface area contributed by atoms with Crippen LogP contribution in [0.25, 0.3) is 120 Å². The molecule has 0 aliphatic heterocycles. The van der Waals surface area contributed by atoms with Gasteiger partial charge in [0, 0.05) is 5.41 Å². The van der Waals surface area contributed by atoms with Crippen molar-refractivity contribution in [3.63, 3.8) is 0 Å². The molecular weight excluding hydrogens is 733 g/mol. The molecule has 0 fully saturated rings. The molecule has 1 aliphatic carbocycles. The molecule has 1 aliphatic rings. The van der Waals surface area contributed by atoms with Crippen LogP contribution in [0.15, 0.2) is 206 Å². The van der Waals surface area contributed by atoms with Gasteiger partial charge in [0.05, 0.1) is 0 Å². The molecule has 0 saturated carbocycles. The summed E-state index contributed by atoms with van der Waals surface area (Å²) in [6.07, 6.45) is 0. The summed E-state index contributed by atoms with van der Waals surface area (Å²) < 4.78 is 0. The zero-order valence-corrected chi connectivity index (χ0v) is 34.1. The third kappa shape index (κ3) is 4.88. The molecule has 12 aromatic rings. The first-order valence-electron chi connectivity index (χ1n) is 21.5. The Morgan fingerprint density at radius 3 is 1.34 bits per heavy atom. The number of hydrogen-bond donors (Lipinski definition) is 0. The second-order valence-electron chi connectivity index (χ2n) is 17.5. The van der Waals surface area contributed by atoms with Gasteiger partial charge in [-0.05, 0) is 155 Å². The number of fused-ring (bicyclic) bond motifs is 14. The molecule has 0 heteroatoms. The van der Waals surface area contributed by atoms with Crippen molar-refractivity contribution in [2.75, 3.05) is 0 Å². The molecule has 12 aromatic carbocycles. The number of benzene rings is 12. The van der Waals surface area contributed by atoms with Crippen LogP contribution in [0.4, 0.5) is 0 Å². The van der Waals surface area contributed by atoms with Crippen LogP contribution >= 0.6 is 0 Å². The summed E-state index contributed by atoms with van der Waals surface area (Å²) in [7, 11) is 0. The van der Waals surface area contributed by atoms with Gasteiger partial charge in [-0.25, -0.2) is 0 Å². The summed E-state index contributed by atoms with van der Waals surface area (Å²) in [4.78, 5) is 0. The average Bonchev–Trinajstić information content (AvgIpc) is 3.55. The predicted molar refractivity (Wildman–Crippen MR) is 263 cm³/mol. The van der Waals surface area contributed by atoms with Crippen LogP contribution in [0.1, 0.15) is 25.0 Å². The van der Waals surface area contributed by atoms with Crippen molar-refractivity contribution < 1.29 is 0 Å². The van der Waals surface area contributed by atoms with E-state index in [-0.39, 0.29) is 5.41 Å². The topological polar surface area (TPSA) is 0 Å². The molecule has 0 atom stereocenters. The summed E-state index contributed by atoms with van der Waals surface area (Å²) >= 11 is 0. The second kappa shape index (κ2) is 12.7.